The Balaban J connectivity index is 1.61. The highest BCUT2D eigenvalue weighted by Gasteiger charge is 2.17. The van der Waals surface area contributed by atoms with Crippen LogP contribution in [0.5, 0.6) is 5.75 Å². The van der Waals surface area contributed by atoms with Crippen LogP contribution >= 0.6 is 12.2 Å². The van der Waals surface area contributed by atoms with Crippen LogP contribution in [0.2, 0.25) is 0 Å². The van der Waals surface area contributed by atoms with Crippen LogP contribution in [0.15, 0.2) is 65.6 Å². The molecular weight excluding hydrogens is 497 g/mol. The lowest BCUT2D eigenvalue weighted by Crippen LogP contribution is -2.34. The molecule has 3 rings (SSSR count). The maximum atomic E-state index is 12.8. The van der Waals surface area contributed by atoms with Gasteiger partial charge in [-0.25, -0.2) is 8.42 Å². The molecule has 0 saturated carbocycles. The fourth-order valence-corrected chi connectivity index (χ4v) is 4.69. The Bertz CT molecular complexity index is 1340. The third-order valence-corrected chi connectivity index (χ3v) is 6.75. The van der Waals surface area contributed by atoms with E-state index in [9.17, 15) is 13.2 Å². The molecule has 11 heteroatoms. The van der Waals surface area contributed by atoms with Gasteiger partial charge in [0.05, 0.1) is 17.2 Å². The van der Waals surface area contributed by atoms with E-state index in [-0.39, 0.29) is 10.0 Å². The smallest absolute Gasteiger partial charge is 0.261 e. The predicted molar refractivity (Wildman–Crippen MR) is 146 cm³/mol. The molecule has 0 aliphatic carbocycles. The second-order valence-electron chi connectivity index (χ2n) is 7.90. The topological polar surface area (TPSA) is 106 Å². The Morgan fingerprint density at radius 1 is 1.00 bits per heavy atom. The Labute approximate surface area is 217 Å². The minimum atomic E-state index is -3.78. The molecule has 0 heterocycles. The molecule has 3 aromatic carbocycles. The number of benzene rings is 3. The van der Waals surface area contributed by atoms with Crippen LogP contribution in [0.25, 0.3) is 0 Å². The summed E-state index contributed by atoms with van der Waals surface area (Å²) in [6.07, 6.45) is 0. The average Bonchev–Trinajstić information content (AvgIpc) is 2.83. The highest BCUT2D eigenvalue weighted by molar-refractivity contribution is 7.92. The van der Waals surface area contributed by atoms with Gasteiger partial charge in [0, 0.05) is 18.4 Å². The summed E-state index contributed by atoms with van der Waals surface area (Å²) in [6, 6.07) is 16.2. The van der Waals surface area contributed by atoms with Crippen molar-refractivity contribution >= 4 is 57.9 Å². The van der Waals surface area contributed by atoms with E-state index in [1.165, 1.54) is 18.2 Å². The monoisotopic (exact) mass is 523 g/mol. The van der Waals surface area contributed by atoms with Crippen molar-refractivity contribution in [3.05, 3.63) is 77.4 Å². The molecule has 3 N–H and O–H groups in total. The first-order valence-corrected chi connectivity index (χ1v) is 12.8. The van der Waals surface area contributed by atoms with Gasteiger partial charge >= 0.3 is 0 Å². The number of hydrogen-bond donors (Lipinski definition) is 3. The number of amides is 1. The van der Waals surface area contributed by atoms with Crippen LogP contribution in [0.4, 0.5) is 11.4 Å². The van der Waals surface area contributed by atoms with Gasteiger partial charge in [0.25, 0.3) is 15.9 Å². The summed E-state index contributed by atoms with van der Waals surface area (Å²) in [7, 11) is 3.75. The number of rotatable bonds is 9. The molecule has 2 radical (unpaired) electrons. The first-order valence-electron chi connectivity index (χ1n) is 10.9. The summed E-state index contributed by atoms with van der Waals surface area (Å²) in [4.78, 5) is 12.6. The number of carbonyl (C=O) groups excluding carboxylic acids is 1. The molecule has 0 saturated heterocycles. The zero-order chi connectivity index (χ0) is 26.3. The van der Waals surface area contributed by atoms with Crippen LogP contribution in [0.3, 0.4) is 0 Å². The lowest BCUT2D eigenvalue weighted by atomic mass is 9.93. The third kappa shape index (κ3) is 7.06. The summed E-state index contributed by atoms with van der Waals surface area (Å²) in [5, 5.41) is 5.48. The highest BCUT2D eigenvalue weighted by Crippen LogP contribution is 2.24. The van der Waals surface area contributed by atoms with Crippen molar-refractivity contribution in [2.24, 2.45) is 0 Å². The largest absolute Gasteiger partial charge is 0.492 e. The van der Waals surface area contributed by atoms with E-state index in [2.05, 4.69) is 15.4 Å². The summed E-state index contributed by atoms with van der Waals surface area (Å²) >= 11 is 5.22. The molecule has 36 heavy (non-hydrogen) atoms. The van der Waals surface area contributed by atoms with Crippen LogP contribution in [0, 0.1) is 13.8 Å². The van der Waals surface area contributed by atoms with Gasteiger partial charge in [0.1, 0.15) is 20.2 Å². The summed E-state index contributed by atoms with van der Waals surface area (Å²) < 4.78 is 38.7. The molecule has 8 nitrogen and oxygen atoms in total. The minimum Gasteiger partial charge on any atom is -0.492 e. The normalized spacial score (nSPS) is 11.0. The number of thiocarbonyl (C=S) groups is 1. The zero-order valence-corrected chi connectivity index (χ0v) is 21.8. The number of ether oxygens (including phenoxy) is 2. The Morgan fingerprint density at radius 3 is 2.28 bits per heavy atom. The van der Waals surface area contributed by atoms with Gasteiger partial charge in [-0.1, -0.05) is 29.7 Å². The van der Waals surface area contributed by atoms with Crippen LogP contribution in [-0.2, 0) is 14.8 Å². The molecule has 0 bridgehead atoms. The van der Waals surface area contributed by atoms with Crippen molar-refractivity contribution in [2.45, 2.75) is 18.7 Å². The van der Waals surface area contributed by atoms with Crippen molar-refractivity contribution in [1.29, 1.82) is 0 Å². The number of para-hydroxylation sites is 1. The van der Waals surface area contributed by atoms with Gasteiger partial charge in [0.15, 0.2) is 5.11 Å². The molecule has 0 aliphatic rings. The fraction of sp³-hybridized carbons (Fsp3) is 0.200. The first kappa shape index (κ1) is 27.2. The molecule has 186 valence electrons. The third-order valence-electron chi connectivity index (χ3n) is 5.18. The Hall–Kier alpha value is -3.41. The quantitative estimate of drug-likeness (QED) is 0.225. The van der Waals surface area contributed by atoms with E-state index < -0.39 is 15.9 Å². The average molecular weight is 523 g/mol. The number of anilines is 2. The second kappa shape index (κ2) is 12.0. The van der Waals surface area contributed by atoms with Gasteiger partial charge < -0.3 is 14.8 Å². The molecule has 0 spiro atoms. The van der Waals surface area contributed by atoms with Gasteiger partial charge in [-0.2, -0.15) is 0 Å². The first-order chi connectivity index (χ1) is 17.1. The van der Waals surface area contributed by atoms with E-state index in [4.69, 9.17) is 29.5 Å². The standard InChI is InChI=1S/C25H26BN3O5S2/c1-16-5-4-6-17(2)23(16)29-36(31,32)20-10-8-19(9-11-20)27-25(35)28-24(30)18-7-12-22(21(26)15-18)34-14-13-33-3/h4-12,15,29H,13-14H2,1-3H3,(H2,27,28,30,35). The highest BCUT2D eigenvalue weighted by atomic mass is 32.2. The van der Waals surface area contributed by atoms with Crippen LogP contribution < -0.4 is 25.6 Å². The Kier molecular flexibility index (Phi) is 9.08. The predicted octanol–water partition coefficient (Wildman–Crippen LogP) is 3.05. The van der Waals surface area contributed by atoms with E-state index >= 15 is 0 Å². The number of hydrogen-bond acceptors (Lipinski definition) is 6. The van der Waals surface area contributed by atoms with E-state index in [1.807, 2.05) is 32.0 Å². The number of sulfonamides is 1. The van der Waals surface area contributed by atoms with Gasteiger partial charge in [-0.05, 0) is 73.6 Å². The lowest BCUT2D eigenvalue weighted by molar-refractivity contribution is 0.0977. The van der Waals surface area contributed by atoms with Gasteiger partial charge in [0.2, 0.25) is 0 Å². The van der Waals surface area contributed by atoms with Crippen molar-refractivity contribution in [1.82, 2.24) is 5.32 Å². The number of aryl methyl sites for hydroxylation is 2. The fourth-order valence-electron chi connectivity index (χ4n) is 3.28. The molecule has 0 aliphatic heterocycles. The molecule has 0 atom stereocenters. The number of nitrogens with one attached hydrogen (secondary N) is 3. The summed E-state index contributed by atoms with van der Waals surface area (Å²) in [5.74, 6) is -0.00828. The van der Waals surface area contributed by atoms with Crippen molar-refractivity contribution < 1.29 is 22.7 Å². The molecule has 0 fully saturated rings. The van der Waals surface area contributed by atoms with Crippen LogP contribution in [-0.4, -0.2) is 47.6 Å². The SMILES string of the molecule is [B]c1cc(C(=O)NC(=S)Nc2ccc(S(=O)(=O)Nc3c(C)cccc3C)cc2)ccc1OCCOC. The number of carbonyl (C=O) groups is 1. The zero-order valence-electron chi connectivity index (χ0n) is 20.1. The molecule has 0 unspecified atom stereocenters. The maximum absolute atomic E-state index is 12.8. The summed E-state index contributed by atoms with van der Waals surface area (Å²) in [6.45, 7) is 4.43. The van der Waals surface area contributed by atoms with E-state index in [0.29, 0.717) is 41.4 Å². The van der Waals surface area contributed by atoms with Crippen molar-refractivity contribution in [2.75, 3.05) is 30.4 Å². The lowest BCUT2D eigenvalue weighted by Gasteiger charge is -2.14. The van der Waals surface area contributed by atoms with Gasteiger partial charge in [-0.15, -0.1) is 0 Å². The minimum absolute atomic E-state index is 0.0447. The summed E-state index contributed by atoms with van der Waals surface area (Å²) in [5.41, 5.74) is 3.33. The Morgan fingerprint density at radius 2 is 1.67 bits per heavy atom. The molecular formula is C25H26BN3O5S2. The maximum Gasteiger partial charge on any atom is 0.261 e. The molecule has 1 amide bonds. The number of methoxy groups -OCH3 is 1. The van der Waals surface area contributed by atoms with E-state index in [1.54, 1.807) is 31.4 Å². The molecule has 3 aromatic rings. The van der Waals surface area contributed by atoms with Crippen LogP contribution in [0.1, 0.15) is 21.5 Å². The second-order valence-corrected chi connectivity index (χ2v) is 9.99. The van der Waals surface area contributed by atoms with Crippen molar-refractivity contribution in [3.63, 3.8) is 0 Å². The van der Waals surface area contributed by atoms with E-state index in [0.717, 1.165) is 11.1 Å². The molecule has 0 aromatic heterocycles. The van der Waals surface area contributed by atoms with Crippen molar-refractivity contribution in [3.8, 4) is 5.75 Å². The van der Waals surface area contributed by atoms with Gasteiger partial charge in [-0.3, -0.25) is 14.8 Å².